The minimum atomic E-state index is -4.21. The predicted octanol–water partition coefficient (Wildman–Crippen LogP) is 10.9. The van der Waals surface area contributed by atoms with Crippen LogP contribution in [0.4, 0.5) is 8.63 Å². The van der Waals surface area contributed by atoms with Crippen LogP contribution in [0.2, 0.25) is 0 Å². The Labute approximate surface area is 473 Å². The Bertz CT molecular complexity index is 2960. The molecule has 0 bridgehead atoms. The average molecular weight is 1100 g/mol. The fourth-order valence-electron chi connectivity index (χ4n) is 11.8. The number of methoxy groups -OCH3 is 1. The predicted molar refractivity (Wildman–Crippen MR) is 315 cm³/mol. The summed E-state index contributed by atoms with van der Waals surface area (Å²) >= 11 is 0. The second kappa shape index (κ2) is 28.6. The summed E-state index contributed by atoms with van der Waals surface area (Å²) in [6.07, 6.45) is 15.2. The largest absolute Gasteiger partial charge is 0.737 e. The van der Waals surface area contributed by atoms with Crippen molar-refractivity contribution in [2.45, 2.75) is 162 Å². The maximum Gasteiger partial charge on any atom is 0.737 e. The number of unbranched alkanes of at least 4 members (excludes halogenated alkanes) is 3. The zero-order valence-electron chi connectivity index (χ0n) is 48.6. The van der Waals surface area contributed by atoms with E-state index >= 15 is 8.63 Å². The summed E-state index contributed by atoms with van der Waals surface area (Å²) in [5.74, 6) is -0.346. The zero-order valence-corrected chi connectivity index (χ0v) is 48.6. The van der Waals surface area contributed by atoms with E-state index in [-0.39, 0.29) is 61.3 Å². The Hall–Kier alpha value is -6.09. The molecule has 1 unspecified atom stereocenters. The second-order valence-electron chi connectivity index (χ2n) is 23.2. The van der Waals surface area contributed by atoms with Gasteiger partial charge in [0, 0.05) is 103 Å². The Kier molecular flexibility index (Phi) is 22.0. The number of aryl methyl sites for hydroxylation is 4. The monoisotopic (exact) mass is 1100 g/mol. The molecule has 1 atom stereocenters. The number of quaternary nitrogens is 1. The standard InChI is InChI=1S/C64H84B2F2N4O8/c1-8-21-49-39-52(27-20-38-72(4,5)6)70-58(49)43-59-50(22-9-2)40-53(71(59)66(70,67)68)35-36-55(74)41-46(10-3)64(77)69-37-19-18-29-54(73)28-16-17-30-60(75)56-42-51(63(79-7)61-57(56)44-80-65(61)78)26-15-14-23-45-31-33-48(34-32-45)62(76)47-24-12-11-13-25-47/h11-13,24-25,31-34,39-40,42-43,46,78H,8-10,14-23,26-30,35-38,41,44H2,1-7H3/p+1. The van der Waals surface area contributed by atoms with E-state index in [1.807, 2.05) is 92.7 Å². The molecule has 3 aliphatic rings. The minimum absolute atomic E-state index is 0.0111. The van der Waals surface area contributed by atoms with Gasteiger partial charge in [0.05, 0.1) is 41.4 Å². The first-order chi connectivity index (χ1) is 38.4. The normalized spacial score (nSPS) is 14.8. The van der Waals surface area contributed by atoms with Crippen LogP contribution in [0.1, 0.15) is 190 Å². The van der Waals surface area contributed by atoms with Crippen molar-refractivity contribution < 1.29 is 56.0 Å². The highest BCUT2D eigenvalue weighted by Crippen LogP contribution is 2.40. The molecule has 0 radical (unpaired) electrons. The van der Waals surface area contributed by atoms with Gasteiger partial charge in [0.15, 0.2) is 17.3 Å². The van der Waals surface area contributed by atoms with Crippen LogP contribution in [-0.4, -0.2) is 109 Å². The minimum Gasteiger partial charge on any atom is -0.497 e. The van der Waals surface area contributed by atoms with Crippen molar-refractivity contribution in [3.8, 4) is 5.75 Å². The highest BCUT2D eigenvalue weighted by Gasteiger charge is 2.54. The molecule has 0 spiro atoms. The molecule has 4 aromatic rings. The summed E-state index contributed by atoms with van der Waals surface area (Å²) in [6, 6.07) is 20.8. The highest BCUT2D eigenvalue weighted by atomic mass is 19.2. The summed E-state index contributed by atoms with van der Waals surface area (Å²) < 4.78 is 48.9. The number of rotatable bonds is 34. The molecule has 80 heavy (non-hydrogen) atoms. The molecule has 0 aliphatic carbocycles. The van der Waals surface area contributed by atoms with Crippen molar-refractivity contribution in [1.82, 2.24) is 9.79 Å². The second-order valence-corrected chi connectivity index (χ2v) is 23.2. The first kappa shape index (κ1) is 61.5. The van der Waals surface area contributed by atoms with Gasteiger partial charge in [0.25, 0.3) is 0 Å². The molecule has 3 aliphatic heterocycles. The van der Waals surface area contributed by atoms with Crippen LogP contribution in [0.15, 0.2) is 84.1 Å². The zero-order chi connectivity index (χ0) is 57.6. The number of fused-ring (bicyclic) bond motifs is 3. The Morgan fingerprint density at radius 2 is 1.46 bits per heavy atom. The number of nitrogens with one attached hydrogen (secondary N) is 1. The van der Waals surface area contributed by atoms with Crippen LogP contribution in [0.3, 0.4) is 0 Å². The smallest absolute Gasteiger partial charge is 0.497 e. The molecule has 0 saturated carbocycles. The lowest BCUT2D eigenvalue weighted by Gasteiger charge is -2.32. The van der Waals surface area contributed by atoms with E-state index in [0.717, 1.165) is 78.2 Å². The van der Waals surface area contributed by atoms with Crippen LogP contribution in [-0.2, 0) is 51.3 Å². The topological polar surface area (TPSA) is 144 Å². The summed E-state index contributed by atoms with van der Waals surface area (Å²) in [5, 5.41) is 13.7. The Balaban J connectivity index is 0.828. The van der Waals surface area contributed by atoms with Crippen LogP contribution in [0.25, 0.3) is 6.08 Å². The number of hydrogen-bond acceptors (Lipinski definition) is 8. The number of amides is 1. The number of aromatic nitrogens is 1. The molecular weight excluding hydrogens is 1010 g/mol. The SMILES string of the molecule is CCCC1=CC(CCC(=O)CC(CC)C(=O)NCCCCC(=O)CCCCC(=O)c2cc(CCCCc3ccc(C(=O)c4ccccc4)cc3)c(OC)c3c2COB3O)=[N+]2C1=Cc1c(CCC)cc(CCC[N+](C)(C)C)n1[B-]2(F)F. The molecule has 12 nitrogen and oxygen atoms in total. The summed E-state index contributed by atoms with van der Waals surface area (Å²) in [4.78, 5) is 66.3. The van der Waals surface area contributed by atoms with Gasteiger partial charge < -0.3 is 41.8 Å². The number of hydrogen-bond donors (Lipinski definition) is 2. The number of ether oxygens (including phenoxy) is 1. The first-order valence-corrected chi connectivity index (χ1v) is 29.6. The van der Waals surface area contributed by atoms with Crippen LogP contribution < -0.4 is 15.5 Å². The third-order valence-electron chi connectivity index (χ3n) is 16.0. The number of carbonyl (C=O) groups excluding carboxylic acids is 5. The van der Waals surface area contributed by atoms with Gasteiger partial charge in [0.2, 0.25) is 5.91 Å². The molecule has 16 heteroatoms. The van der Waals surface area contributed by atoms with Gasteiger partial charge in [-0.15, -0.1) is 0 Å². The van der Waals surface area contributed by atoms with Crippen molar-refractivity contribution in [1.29, 1.82) is 0 Å². The van der Waals surface area contributed by atoms with E-state index in [1.165, 1.54) is 8.96 Å². The molecule has 428 valence electrons. The van der Waals surface area contributed by atoms with E-state index in [4.69, 9.17) is 9.39 Å². The van der Waals surface area contributed by atoms with Crippen molar-refractivity contribution in [3.05, 3.63) is 134 Å². The van der Waals surface area contributed by atoms with Crippen molar-refractivity contribution in [2.24, 2.45) is 5.92 Å². The average Bonchev–Trinajstić information content (AvgIpc) is 4.30. The molecule has 0 fully saturated rings. The third kappa shape index (κ3) is 15.5. The molecule has 2 N–H and O–H groups in total. The summed E-state index contributed by atoms with van der Waals surface area (Å²) in [6.45, 7) is 3.11. The Morgan fingerprint density at radius 3 is 2.15 bits per heavy atom. The van der Waals surface area contributed by atoms with Crippen molar-refractivity contribution in [3.63, 3.8) is 0 Å². The molecule has 0 saturated heterocycles. The lowest BCUT2D eigenvalue weighted by atomic mass is 9.75. The molecule has 7 rings (SSSR count). The number of benzene rings is 3. The molecule has 4 heterocycles. The van der Waals surface area contributed by atoms with Gasteiger partial charge in [-0.1, -0.05) is 88.2 Å². The fourth-order valence-corrected chi connectivity index (χ4v) is 11.8. The van der Waals surface area contributed by atoms with E-state index < -0.39 is 20.0 Å². The van der Waals surface area contributed by atoms with Gasteiger partial charge in [-0.25, -0.2) is 0 Å². The lowest BCUT2D eigenvalue weighted by molar-refractivity contribution is -0.870. The van der Waals surface area contributed by atoms with Crippen molar-refractivity contribution >= 4 is 60.4 Å². The number of allylic oxidation sites excluding steroid dienone is 2. The first-order valence-electron chi connectivity index (χ1n) is 29.6. The van der Waals surface area contributed by atoms with E-state index in [1.54, 1.807) is 7.11 Å². The van der Waals surface area contributed by atoms with E-state index in [2.05, 4.69) is 33.4 Å². The van der Waals surface area contributed by atoms with Crippen LogP contribution >= 0.6 is 0 Å². The fraction of sp³-hybridized carbons (Fsp3) is 0.500. The molecule has 1 amide bonds. The third-order valence-corrected chi connectivity index (χ3v) is 16.0. The maximum absolute atomic E-state index is 17.1. The van der Waals surface area contributed by atoms with Crippen molar-refractivity contribution in [2.75, 3.05) is 41.3 Å². The van der Waals surface area contributed by atoms with E-state index in [9.17, 15) is 29.0 Å². The number of nitrogens with zero attached hydrogens (tertiary/aromatic N) is 3. The number of carbonyl (C=O) groups is 5. The quantitative estimate of drug-likeness (QED) is 0.0204. The highest BCUT2D eigenvalue weighted by molar-refractivity contribution is 6.63. The summed E-state index contributed by atoms with van der Waals surface area (Å²) in [5.41, 5.74) is 9.00. The van der Waals surface area contributed by atoms with Gasteiger partial charge >= 0.3 is 14.1 Å². The van der Waals surface area contributed by atoms with Crippen LogP contribution in [0.5, 0.6) is 5.75 Å². The summed E-state index contributed by atoms with van der Waals surface area (Å²) in [7, 11) is 6.70. The molecule has 3 aromatic carbocycles. The lowest BCUT2D eigenvalue weighted by Crippen LogP contribution is -2.51. The van der Waals surface area contributed by atoms with Gasteiger partial charge in [0.1, 0.15) is 23.0 Å². The van der Waals surface area contributed by atoms with Gasteiger partial charge in [-0.2, -0.15) is 0 Å². The number of halogens is 2. The number of Topliss-reactive ketones (excluding diaryl/α,β-unsaturated/α-hetero) is 3. The van der Waals surface area contributed by atoms with E-state index in [0.29, 0.717) is 127 Å². The molecule has 1 aromatic heterocycles. The molecular formula is C64H85B2F2N4O8+. The Morgan fingerprint density at radius 1 is 0.775 bits per heavy atom. The van der Waals surface area contributed by atoms with Gasteiger partial charge in [-0.05, 0) is 117 Å². The van der Waals surface area contributed by atoms with Gasteiger partial charge in [-0.3, -0.25) is 24.0 Å². The van der Waals surface area contributed by atoms with Crippen LogP contribution in [0, 0.1) is 5.92 Å². The maximum atomic E-state index is 17.1. The number of ketones is 4.